The maximum absolute atomic E-state index is 14.6. The first-order valence-electron chi connectivity index (χ1n) is 14.2. The number of ether oxygens (including phenoxy) is 2. The fourth-order valence-corrected chi connectivity index (χ4v) is 7.79. The number of benzene rings is 1. The molecule has 3 heterocycles. The van der Waals surface area contributed by atoms with Crippen molar-refractivity contribution >= 4 is 33.7 Å². The second-order valence-corrected chi connectivity index (χ2v) is 12.3. The average Bonchev–Trinajstić information content (AvgIpc) is 3.54. The molecule has 1 aromatic carbocycles. The minimum Gasteiger partial charge on any atom is -0.465 e. The number of hydrogen-bond acceptors (Lipinski definition) is 6. The molecular formula is C31H41BrN2O6. The minimum atomic E-state index is -1.22. The van der Waals surface area contributed by atoms with Crippen LogP contribution in [0.4, 0.5) is 0 Å². The number of hydrogen-bond donors (Lipinski definition) is 1. The number of rotatable bonds is 14. The Balaban J connectivity index is 1.79. The number of esters is 1. The topological polar surface area (TPSA) is 96.4 Å². The molecule has 8 nitrogen and oxygen atoms in total. The standard InChI is InChI=1S/C31H41BrN2O6/c1-5-8-16-39-30(38)24-25-28(36)34(22(19-35)17-21-13-10-9-11-14-21)27(31(25)18-23(32)26(24)40-31)29(37)33(15-7-3)20(4)12-6-2/h5,7,9-11,13-14,20,22-27,35H,1,3,6,8,12,15-19H2,2,4H3/t20?,22-,23?,24-,25+,26-,27?,31?/m1/s1. The van der Waals surface area contributed by atoms with Crippen molar-refractivity contribution in [3.8, 4) is 0 Å². The van der Waals surface area contributed by atoms with Crippen molar-refractivity contribution < 1.29 is 29.0 Å². The minimum absolute atomic E-state index is 0.0948. The lowest BCUT2D eigenvalue weighted by Gasteiger charge is -2.41. The van der Waals surface area contributed by atoms with Crippen LogP contribution >= 0.6 is 15.9 Å². The maximum Gasteiger partial charge on any atom is 0.312 e. The van der Waals surface area contributed by atoms with E-state index in [9.17, 15) is 19.5 Å². The van der Waals surface area contributed by atoms with E-state index in [4.69, 9.17) is 9.47 Å². The van der Waals surface area contributed by atoms with Gasteiger partial charge in [-0.15, -0.1) is 13.2 Å². The first-order valence-corrected chi connectivity index (χ1v) is 15.1. The van der Waals surface area contributed by atoms with E-state index in [1.807, 2.05) is 37.3 Å². The quantitative estimate of drug-likeness (QED) is 0.148. The van der Waals surface area contributed by atoms with Gasteiger partial charge in [-0.1, -0.05) is 71.8 Å². The van der Waals surface area contributed by atoms with Crippen molar-refractivity contribution in [2.45, 2.75) is 80.6 Å². The first-order chi connectivity index (χ1) is 19.2. The lowest BCUT2D eigenvalue weighted by Crippen LogP contribution is -2.60. The Morgan fingerprint density at radius 3 is 2.65 bits per heavy atom. The number of nitrogens with zero attached hydrogens (tertiary/aromatic N) is 2. The number of alkyl halides is 1. The Morgan fingerprint density at radius 2 is 2.02 bits per heavy atom. The highest BCUT2D eigenvalue weighted by Crippen LogP contribution is 2.60. The van der Waals surface area contributed by atoms with Gasteiger partial charge in [0, 0.05) is 17.4 Å². The summed E-state index contributed by atoms with van der Waals surface area (Å²) < 4.78 is 12.1. The molecule has 1 aromatic rings. The molecule has 9 heteroatoms. The molecule has 1 spiro atoms. The fourth-order valence-electron chi connectivity index (χ4n) is 6.84. The predicted molar refractivity (Wildman–Crippen MR) is 156 cm³/mol. The Labute approximate surface area is 245 Å². The molecule has 0 aliphatic carbocycles. The zero-order valence-corrected chi connectivity index (χ0v) is 25.0. The van der Waals surface area contributed by atoms with Crippen LogP contribution < -0.4 is 0 Å². The van der Waals surface area contributed by atoms with Crippen LogP contribution in [0.1, 0.15) is 45.1 Å². The molecule has 3 saturated heterocycles. The van der Waals surface area contributed by atoms with Gasteiger partial charge >= 0.3 is 5.97 Å². The lowest BCUT2D eigenvalue weighted by atomic mass is 9.70. The number of halogens is 1. The van der Waals surface area contributed by atoms with Crippen LogP contribution in [0.5, 0.6) is 0 Å². The van der Waals surface area contributed by atoms with Crippen LogP contribution in [0.2, 0.25) is 0 Å². The van der Waals surface area contributed by atoms with E-state index in [1.165, 1.54) is 4.90 Å². The van der Waals surface area contributed by atoms with Crippen molar-refractivity contribution in [3.05, 3.63) is 61.2 Å². The SMILES string of the molecule is C=CCCOC(=O)[C@H]1[C@@H]2OC3(CC2Br)C(C(=O)N(CC=C)C(C)CCC)N([C@@H](CO)Cc2ccccc2)C(=O)[C@H]13. The molecular weight excluding hydrogens is 576 g/mol. The molecule has 3 fully saturated rings. The summed E-state index contributed by atoms with van der Waals surface area (Å²) in [6.45, 7) is 11.7. The molecule has 3 aliphatic heterocycles. The highest BCUT2D eigenvalue weighted by Gasteiger charge is 2.77. The van der Waals surface area contributed by atoms with Crippen molar-refractivity contribution in [1.29, 1.82) is 0 Å². The van der Waals surface area contributed by atoms with Crippen LogP contribution in [-0.2, 0) is 30.3 Å². The van der Waals surface area contributed by atoms with Gasteiger partial charge in [-0.2, -0.15) is 0 Å². The molecule has 3 aliphatic rings. The van der Waals surface area contributed by atoms with Crippen molar-refractivity contribution in [1.82, 2.24) is 9.80 Å². The molecule has 218 valence electrons. The largest absolute Gasteiger partial charge is 0.465 e. The fraction of sp³-hybridized carbons (Fsp3) is 0.581. The Morgan fingerprint density at radius 1 is 1.30 bits per heavy atom. The van der Waals surface area contributed by atoms with E-state index in [0.717, 1.165) is 18.4 Å². The number of carbonyl (C=O) groups is 3. The van der Waals surface area contributed by atoms with Crippen LogP contribution in [-0.4, -0.2) is 87.1 Å². The van der Waals surface area contributed by atoms with Gasteiger partial charge in [0.15, 0.2) is 0 Å². The third kappa shape index (κ3) is 5.40. The van der Waals surface area contributed by atoms with E-state index < -0.39 is 41.6 Å². The number of likely N-dealkylation sites (tertiary alicyclic amines) is 1. The van der Waals surface area contributed by atoms with Crippen LogP contribution in [0.25, 0.3) is 0 Å². The van der Waals surface area contributed by atoms with Gasteiger partial charge in [0.2, 0.25) is 11.8 Å². The summed E-state index contributed by atoms with van der Waals surface area (Å²) in [6, 6.07) is 7.81. The summed E-state index contributed by atoms with van der Waals surface area (Å²) in [5, 5.41) is 10.6. The van der Waals surface area contributed by atoms with E-state index in [-0.39, 0.29) is 35.9 Å². The summed E-state index contributed by atoms with van der Waals surface area (Å²) in [7, 11) is 0. The second kappa shape index (κ2) is 13.0. The van der Waals surface area contributed by atoms with E-state index in [2.05, 4.69) is 36.0 Å². The predicted octanol–water partition coefficient (Wildman–Crippen LogP) is 3.66. The summed E-state index contributed by atoms with van der Waals surface area (Å²) in [6.07, 6.45) is 5.68. The maximum atomic E-state index is 14.6. The molecule has 2 amide bonds. The van der Waals surface area contributed by atoms with Crippen LogP contribution in [0.15, 0.2) is 55.6 Å². The van der Waals surface area contributed by atoms with Crippen LogP contribution in [0, 0.1) is 11.8 Å². The zero-order chi connectivity index (χ0) is 29.0. The highest BCUT2D eigenvalue weighted by atomic mass is 79.9. The van der Waals surface area contributed by atoms with Gasteiger partial charge in [0.05, 0.1) is 37.2 Å². The normalized spacial score (nSPS) is 30.1. The summed E-state index contributed by atoms with van der Waals surface area (Å²) in [5.74, 6) is -2.83. The number of amides is 2. The number of aliphatic hydroxyl groups is 1. The molecule has 0 aromatic heterocycles. The van der Waals surface area contributed by atoms with Gasteiger partial charge in [0.1, 0.15) is 11.6 Å². The first kappa shape index (κ1) is 30.5. The van der Waals surface area contributed by atoms with Gasteiger partial charge < -0.3 is 24.4 Å². The van der Waals surface area contributed by atoms with Crippen molar-refractivity contribution in [2.24, 2.45) is 11.8 Å². The van der Waals surface area contributed by atoms with Gasteiger partial charge in [0.25, 0.3) is 0 Å². The molecule has 0 radical (unpaired) electrons. The van der Waals surface area contributed by atoms with E-state index in [0.29, 0.717) is 25.8 Å². The third-order valence-electron chi connectivity index (χ3n) is 8.57. The van der Waals surface area contributed by atoms with E-state index in [1.54, 1.807) is 17.1 Å². The Bertz CT molecular complexity index is 1100. The number of aliphatic hydroxyl groups excluding tert-OH is 1. The molecule has 8 atom stereocenters. The Kier molecular flexibility index (Phi) is 9.90. The summed E-state index contributed by atoms with van der Waals surface area (Å²) >= 11 is 3.69. The van der Waals surface area contributed by atoms with Crippen molar-refractivity contribution in [2.75, 3.05) is 19.8 Å². The monoisotopic (exact) mass is 616 g/mol. The molecule has 0 saturated carbocycles. The number of fused-ring (bicyclic) bond motifs is 1. The zero-order valence-electron chi connectivity index (χ0n) is 23.4. The molecule has 4 unspecified atom stereocenters. The molecule has 2 bridgehead atoms. The van der Waals surface area contributed by atoms with Gasteiger partial charge in [-0.05, 0) is 38.2 Å². The van der Waals surface area contributed by atoms with Gasteiger partial charge in [-0.3, -0.25) is 14.4 Å². The van der Waals surface area contributed by atoms with E-state index >= 15 is 0 Å². The average molecular weight is 618 g/mol. The number of carbonyl (C=O) groups excluding carboxylic acids is 3. The molecule has 40 heavy (non-hydrogen) atoms. The Hall–Kier alpha value is -2.49. The third-order valence-corrected chi connectivity index (χ3v) is 9.41. The van der Waals surface area contributed by atoms with Crippen molar-refractivity contribution in [3.63, 3.8) is 0 Å². The second-order valence-electron chi connectivity index (χ2n) is 11.1. The highest BCUT2D eigenvalue weighted by molar-refractivity contribution is 9.09. The molecule has 4 rings (SSSR count). The molecule has 1 N–H and O–H groups in total. The summed E-state index contributed by atoms with van der Waals surface area (Å²) in [4.78, 5) is 45.4. The van der Waals surface area contributed by atoms with Crippen LogP contribution in [0.3, 0.4) is 0 Å². The van der Waals surface area contributed by atoms with Gasteiger partial charge in [-0.25, -0.2) is 0 Å². The lowest BCUT2D eigenvalue weighted by molar-refractivity contribution is -0.156. The summed E-state index contributed by atoms with van der Waals surface area (Å²) in [5.41, 5.74) is -0.286. The smallest absolute Gasteiger partial charge is 0.312 e.